The Morgan fingerprint density at radius 1 is 1.33 bits per heavy atom. The Hall–Kier alpha value is -1.81. The van der Waals surface area contributed by atoms with E-state index in [4.69, 9.17) is 10.5 Å². The van der Waals surface area contributed by atoms with Gasteiger partial charge in [-0.15, -0.1) is 12.4 Å². The second kappa shape index (κ2) is 11.1. The molecule has 0 bridgehead atoms. The van der Waals surface area contributed by atoms with Gasteiger partial charge in [0.1, 0.15) is 30.1 Å². The van der Waals surface area contributed by atoms with Crippen molar-refractivity contribution in [2.24, 2.45) is 5.92 Å². The minimum Gasteiger partial charge on any atom is -0.489 e. The molecule has 4 N–H and O–H groups in total. The number of nitrogens with zero attached hydrogens (tertiary/aromatic N) is 1. The third-order valence-corrected chi connectivity index (χ3v) is 4.24. The van der Waals surface area contributed by atoms with E-state index in [9.17, 15) is 15.2 Å². The molecular formula is C20H32ClN3O3. The first-order valence-electron chi connectivity index (χ1n) is 9.07. The van der Waals surface area contributed by atoms with Crippen LogP contribution in [0.5, 0.6) is 5.75 Å². The van der Waals surface area contributed by atoms with Crippen molar-refractivity contribution in [3.8, 4) is 11.8 Å². The van der Waals surface area contributed by atoms with Gasteiger partial charge in [-0.1, -0.05) is 13.8 Å². The first-order chi connectivity index (χ1) is 12.1. The number of β-amino-alcohol motifs (C(OH)–C–C–N with tert-alkyl or cyclic N) is 1. The van der Waals surface area contributed by atoms with Crippen LogP contribution < -0.4 is 15.8 Å². The van der Waals surface area contributed by atoms with Crippen LogP contribution in [0.15, 0.2) is 12.1 Å². The number of carbonyl (C=O) groups excluding carboxylic acids is 1. The van der Waals surface area contributed by atoms with E-state index in [0.717, 1.165) is 12.8 Å². The average Bonchev–Trinajstić information content (AvgIpc) is 2.58. The predicted molar refractivity (Wildman–Crippen MR) is 110 cm³/mol. The van der Waals surface area contributed by atoms with Gasteiger partial charge in [0, 0.05) is 23.6 Å². The lowest BCUT2D eigenvalue weighted by atomic mass is 9.91. The van der Waals surface area contributed by atoms with E-state index in [2.05, 4.69) is 5.32 Å². The maximum atomic E-state index is 12.6. The van der Waals surface area contributed by atoms with Gasteiger partial charge in [-0.2, -0.15) is 5.26 Å². The molecule has 1 rings (SSSR count). The normalized spacial score (nSPS) is 12.2. The number of carbonyl (C=O) groups is 1. The molecular weight excluding hydrogens is 366 g/mol. The van der Waals surface area contributed by atoms with E-state index >= 15 is 0 Å². The zero-order valence-corrected chi connectivity index (χ0v) is 17.7. The number of Topliss-reactive ketones (excluding diaryl/α,β-unsaturated/α-hetero) is 1. The number of hydrogen-bond acceptors (Lipinski definition) is 6. The number of nitrogens with one attached hydrogen (secondary N) is 1. The van der Waals surface area contributed by atoms with Gasteiger partial charge in [0.05, 0.1) is 5.69 Å². The van der Waals surface area contributed by atoms with Gasteiger partial charge < -0.3 is 20.9 Å². The number of benzene rings is 1. The smallest absolute Gasteiger partial charge is 0.168 e. The molecule has 0 radical (unpaired) electrons. The summed E-state index contributed by atoms with van der Waals surface area (Å²) in [5, 5.41) is 22.7. The number of hydrogen-bond donors (Lipinski definition) is 3. The highest BCUT2D eigenvalue weighted by Crippen LogP contribution is 2.30. The predicted octanol–water partition coefficient (Wildman–Crippen LogP) is 3.31. The van der Waals surface area contributed by atoms with Crippen molar-refractivity contribution in [2.75, 3.05) is 18.9 Å². The van der Waals surface area contributed by atoms with Crippen LogP contribution in [-0.4, -0.2) is 35.7 Å². The molecule has 1 aromatic carbocycles. The van der Waals surface area contributed by atoms with Crippen molar-refractivity contribution in [2.45, 2.75) is 59.1 Å². The Kier molecular flexibility index (Phi) is 10.4. The van der Waals surface area contributed by atoms with E-state index < -0.39 is 6.10 Å². The van der Waals surface area contributed by atoms with E-state index in [1.54, 1.807) is 12.1 Å². The molecule has 1 atom stereocenters. The second-order valence-electron chi connectivity index (χ2n) is 7.49. The van der Waals surface area contributed by atoms with Crippen molar-refractivity contribution < 1.29 is 14.6 Å². The van der Waals surface area contributed by atoms with Crippen LogP contribution in [0, 0.1) is 17.2 Å². The molecule has 152 valence electrons. The molecule has 0 heterocycles. The highest BCUT2D eigenvalue weighted by atomic mass is 35.5. The molecule has 27 heavy (non-hydrogen) atoms. The van der Waals surface area contributed by atoms with Crippen LogP contribution >= 0.6 is 12.4 Å². The zero-order chi connectivity index (χ0) is 19.9. The van der Waals surface area contributed by atoms with Crippen molar-refractivity contribution in [1.29, 1.82) is 5.26 Å². The molecule has 0 aliphatic rings. The number of ketones is 1. The summed E-state index contributed by atoms with van der Waals surface area (Å²) in [5.41, 5.74) is 6.59. The third-order valence-electron chi connectivity index (χ3n) is 4.24. The largest absolute Gasteiger partial charge is 0.489 e. The maximum absolute atomic E-state index is 12.6. The monoisotopic (exact) mass is 397 g/mol. The van der Waals surface area contributed by atoms with Crippen molar-refractivity contribution >= 4 is 23.9 Å². The summed E-state index contributed by atoms with van der Waals surface area (Å²) in [6.07, 6.45) is 0.719. The number of nitriles is 1. The molecule has 7 heteroatoms. The second-order valence-corrected chi connectivity index (χ2v) is 7.49. The summed E-state index contributed by atoms with van der Waals surface area (Å²) < 4.78 is 5.58. The molecule has 1 unspecified atom stereocenters. The summed E-state index contributed by atoms with van der Waals surface area (Å²) in [4.78, 5) is 12.6. The quantitative estimate of drug-likeness (QED) is 0.435. The molecule has 1 aromatic rings. The van der Waals surface area contributed by atoms with Crippen LogP contribution in [0.4, 0.5) is 5.69 Å². The minimum atomic E-state index is -0.729. The topological polar surface area (TPSA) is 108 Å². The van der Waals surface area contributed by atoms with Crippen LogP contribution in [0.2, 0.25) is 0 Å². The first kappa shape index (κ1) is 25.2. The van der Waals surface area contributed by atoms with Crippen LogP contribution in [0.1, 0.15) is 63.4 Å². The number of anilines is 1. The van der Waals surface area contributed by atoms with Gasteiger partial charge in [-0.05, 0) is 45.7 Å². The summed E-state index contributed by atoms with van der Waals surface area (Å²) in [6, 6.07) is 5.20. The standard InChI is InChI=1S/C20H31N3O3.ClH/c1-6-13(7-2)19(25)15-8-9-17(16(10-21)18(15)22)26-12-14(24)11-23-20(3,4)5;/h8-9,13-14,23-24H,6-7,11-12,22H2,1-5H3;1H. The molecule has 0 fully saturated rings. The Bertz CT molecular complexity index is 662. The molecule has 0 saturated heterocycles. The summed E-state index contributed by atoms with van der Waals surface area (Å²) >= 11 is 0. The number of aliphatic hydroxyl groups is 1. The van der Waals surface area contributed by atoms with Gasteiger partial charge in [-0.3, -0.25) is 4.79 Å². The Labute approximate surface area is 168 Å². The van der Waals surface area contributed by atoms with E-state index in [-0.39, 0.29) is 53.3 Å². The molecule has 0 amide bonds. The van der Waals surface area contributed by atoms with E-state index in [0.29, 0.717) is 12.1 Å². The van der Waals surface area contributed by atoms with Crippen LogP contribution in [0.3, 0.4) is 0 Å². The number of aliphatic hydroxyl groups excluding tert-OH is 1. The summed E-state index contributed by atoms with van der Waals surface area (Å²) in [7, 11) is 0. The number of ether oxygens (including phenoxy) is 1. The van der Waals surface area contributed by atoms with Crippen molar-refractivity contribution in [3.05, 3.63) is 23.3 Å². The van der Waals surface area contributed by atoms with E-state index in [1.807, 2.05) is 40.7 Å². The molecule has 0 aromatic heterocycles. The summed E-state index contributed by atoms with van der Waals surface area (Å²) in [6.45, 7) is 10.3. The SMILES string of the molecule is CCC(CC)C(=O)c1ccc(OCC(O)CNC(C)(C)C)c(C#N)c1N.Cl. The zero-order valence-electron chi connectivity index (χ0n) is 16.8. The first-order valence-corrected chi connectivity index (χ1v) is 9.07. The molecule has 0 saturated carbocycles. The van der Waals surface area contributed by atoms with Gasteiger partial charge in [0.15, 0.2) is 5.78 Å². The highest BCUT2D eigenvalue weighted by molar-refractivity contribution is 6.03. The maximum Gasteiger partial charge on any atom is 0.168 e. The lowest BCUT2D eigenvalue weighted by molar-refractivity contribution is 0.0913. The number of halogens is 1. The lowest BCUT2D eigenvalue weighted by Crippen LogP contribution is -2.42. The fraction of sp³-hybridized carbons (Fsp3) is 0.600. The van der Waals surface area contributed by atoms with Crippen molar-refractivity contribution in [1.82, 2.24) is 5.32 Å². The van der Waals surface area contributed by atoms with Crippen LogP contribution in [-0.2, 0) is 0 Å². The van der Waals surface area contributed by atoms with Gasteiger partial charge >= 0.3 is 0 Å². The van der Waals surface area contributed by atoms with Gasteiger partial charge in [0.2, 0.25) is 0 Å². The third kappa shape index (κ3) is 7.37. The number of nitrogens with two attached hydrogens (primary N) is 1. The van der Waals surface area contributed by atoms with Gasteiger partial charge in [0.25, 0.3) is 0 Å². The fourth-order valence-corrected chi connectivity index (χ4v) is 2.60. The Balaban J connectivity index is 0.00000676. The Morgan fingerprint density at radius 2 is 1.93 bits per heavy atom. The molecule has 6 nitrogen and oxygen atoms in total. The molecule has 0 spiro atoms. The fourth-order valence-electron chi connectivity index (χ4n) is 2.60. The van der Waals surface area contributed by atoms with Crippen molar-refractivity contribution in [3.63, 3.8) is 0 Å². The molecule has 0 aliphatic carbocycles. The van der Waals surface area contributed by atoms with Gasteiger partial charge in [-0.25, -0.2) is 0 Å². The average molecular weight is 398 g/mol. The molecule has 0 aliphatic heterocycles. The lowest BCUT2D eigenvalue weighted by Gasteiger charge is -2.23. The van der Waals surface area contributed by atoms with Crippen LogP contribution in [0.25, 0.3) is 0 Å². The highest BCUT2D eigenvalue weighted by Gasteiger charge is 2.22. The van der Waals surface area contributed by atoms with E-state index in [1.165, 1.54) is 0 Å². The summed E-state index contributed by atoms with van der Waals surface area (Å²) in [5.74, 6) is 0.117. The Morgan fingerprint density at radius 3 is 2.41 bits per heavy atom. The minimum absolute atomic E-state index is 0. The number of nitrogen functional groups attached to an aromatic ring is 1. The number of rotatable bonds is 9.